The van der Waals surface area contributed by atoms with E-state index in [1.807, 2.05) is 67.6 Å². The molecule has 3 aromatic rings. The van der Waals surface area contributed by atoms with Gasteiger partial charge in [-0.3, -0.25) is 19.6 Å². The van der Waals surface area contributed by atoms with Gasteiger partial charge in [0.2, 0.25) is 18.2 Å². The van der Waals surface area contributed by atoms with E-state index in [1.165, 1.54) is 11.3 Å². The van der Waals surface area contributed by atoms with Gasteiger partial charge in [0.15, 0.2) is 5.13 Å². The Morgan fingerprint density at radius 3 is 2.29 bits per heavy atom. The van der Waals surface area contributed by atoms with Crippen molar-refractivity contribution in [1.29, 1.82) is 0 Å². The number of nitrogens with one attached hydrogen (secondary N) is 3. The zero-order chi connectivity index (χ0) is 32.3. The number of thiazole rings is 1. The van der Waals surface area contributed by atoms with E-state index in [2.05, 4.69) is 20.9 Å². The van der Waals surface area contributed by atoms with Gasteiger partial charge in [0.25, 0.3) is 0 Å². The van der Waals surface area contributed by atoms with Crippen LogP contribution in [0, 0.1) is 5.92 Å². The minimum atomic E-state index is -0.958. The Kier molecular flexibility index (Phi) is 15.5. The van der Waals surface area contributed by atoms with E-state index in [0.29, 0.717) is 42.4 Å². The van der Waals surface area contributed by atoms with Crippen LogP contribution in [-0.2, 0) is 37.1 Å². The Balaban J connectivity index is 1.61. The molecule has 1 heterocycles. The number of alkyl carbamates (subject to hydrolysis) is 1. The highest BCUT2D eigenvalue weighted by Gasteiger charge is 2.34. The van der Waals surface area contributed by atoms with Gasteiger partial charge in [-0.2, -0.15) is 0 Å². The number of ether oxygens (including phenoxy) is 2. The van der Waals surface area contributed by atoms with Crippen LogP contribution in [0.15, 0.2) is 72.2 Å². The van der Waals surface area contributed by atoms with Crippen molar-refractivity contribution in [1.82, 2.24) is 20.7 Å². The number of unbranched alkanes of at least 4 members (excludes halogenated alkanes) is 1. The van der Waals surface area contributed by atoms with Crippen LogP contribution in [0.1, 0.15) is 50.2 Å². The summed E-state index contributed by atoms with van der Waals surface area (Å²) in [6.45, 7) is 2.48. The van der Waals surface area contributed by atoms with E-state index in [4.69, 9.17) is 9.47 Å². The minimum absolute atomic E-state index is 0.0911. The molecule has 4 N–H and O–H groups in total. The van der Waals surface area contributed by atoms with Crippen molar-refractivity contribution < 1.29 is 33.9 Å². The van der Waals surface area contributed by atoms with Crippen molar-refractivity contribution >= 4 is 40.8 Å². The molecule has 3 rings (SSSR count). The Bertz CT molecular complexity index is 1300. The monoisotopic (exact) mass is 639 g/mol. The Labute approximate surface area is 267 Å². The molecule has 0 bridgehead atoms. The summed E-state index contributed by atoms with van der Waals surface area (Å²) in [4.78, 5) is 54.6. The van der Waals surface area contributed by atoms with Crippen molar-refractivity contribution in [3.05, 3.63) is 83.4 Å². The number of hydroxylamine groups is 2. The fraction of sp³-hybridized carbons (Fsp3) is 0.406. The van der Waals surface area contributed by atoms with Crippen LogP contribution >= 0.6 is 11.3 Å². The smallest absolute Gasteiger partial charge is 0.407 e. The standard InChI is InChI=1S/C32H41N5O7S/c1-2-11-28(37(42)23-38)26(22-43-20-24-12-5-3-6-13-24)29(39)35-27(30(40)36-31-33-18-19-45-31)16-9-10-17-34-32(41)44-21-25-14-7-4-8-15-25/h3-8,12-15,18-19,23,26-28,42H,2,9-11,16-17,20-22H2,1H3,(H,34,41)(H,35,39)(H,33,36,40)/t26-,27+,28+/m1/s1. The molecule has 12 nitrogen and oxygen atoms in total. The highest BCUT2D eigenvalue weighted by molar-refractivity contribution is 7.13. The summed E-state index contributed by atoms with van der Waals surface area (Å²) < 4.78 is 11.1. The quantitative estimate of drug-likeness (QED) is 0.0608. The van der Waals surface area contributed by atoms with E-state index < -0.39 is 35.9 Å². The van der Waals surface area contributed by atoms with Crippen molar-refractivity contribution in [2.75, 3.05) is 18.5 Å². The maximum absolute atomic E-state index is 13.7. The fourth-order valence-electron chi connectivity index (χ4n) is 4.59. The molecule has 4 amide bonds. The average Bonchev–Trinajstić information content (AvgIpc) is 3.57. The molecule has 2 aromatic carbocycles. The fourth-order valence-corrected chi connectivity index (χ4v) is 5.13. The molecule has 0 aliphatic carbocycles. The van der Waals surface area contributed by atoms with Crippen LogP contribution in [0.4, 0.5) is 9.93 Å². The molecular weight excluding hydrogens is 598 g/mol. The zero-order valence-electron chi connectivity index (χ0n) is 25.3. The third kappa shape index (κ3) is 12.7. The number of aromatic nitrogens is 1. The van der Waals surface area contributed by atoms with Crippen LogP contribution in [-0.4, -0.2) is 64.8 Å². The molecule has 0 unspecified atom stereocenters. The lowest BCUT2D eigenvalue weighted by Gasteiger charge is -2.31. The van der Waals surface area contributed by atoms with E-state index in [1.54, 1.807) is 11.6 Å². The molecule has 0 spiro atoms. The van der Waals surface area contributed by atoms with Crippen LogP contribution in [0.3, 0.4) is 0 Å². The van der Waals surface area contributed by atoms with Gasteiger partial charge in [0.1, 0.15) is 12.6 Å². The number of hydrogen-bond donors (Lipinski definition) is 4. The SMILES string of the molecule is CCC[C@@H]([C@@H](COCc1ccccc1)C(=O)N[C@@H](CCCCNC(=O)OCc1ccccc1)C(=O)Nc1nccs1)N(O)C=O. The number of carbonyl (C=O) groups is 4. The second-order valence-corrected chi connectivity index (χ2v) is 11.2. The average molecular weight is 640 g/mol. The number of benzene rings is 2. The molecule has 0 fully saturated rings. The van der Waals surface area contributed by atoms with Crippen LogP contribution in [0.2, 0.25) is 0 Å². The van der Waals surface area contributed by atoms with E-state index >= 15 is 0 Å². The van der Waals surface area contributed by atoms with Gasteiger partial charge in [-0.15, -0.1) is 11.3 Å². The topological polar surface area (TPSA) is 159 Å². The summed E-state index contributed by atoms with van der Waals surface area (Å²) in [5.41, 5.74) is 1.78. The Morgan fingerprint density at radius 1 is 0.978 bits per heavy atom. The molecule has 0 aliphatic heterocycles. The molecule has 0 radical (unpaired) electrons. The first kappa shape index (κ1) is 35.2. The zero-order valence-corrected chi connectivity index (χ0v) is 26.1. The lowest BCUT2D eigenvalue weighted by atomic mass is 9.94. The second kappa shape index (κ2) is 19.8. The van der Waals surface area contributed by atoms with E-state index in [0.717, 1.165) is 11.1 Å². The molecule has 1 aromatic heterocycles. The van der Waals surface area contributed by atoms with Crippen LogP contribution < -0.4 is 16.0 Å². The van der Waals surface area contributed by atoms with Gasteiger partial charge in [0.05, 0.1) is 25.2 Å². The van der Waals surface area contributed by atoms with Crippen LogP contribution in [0.25, 0.3) is 0 Å². The molecule has 13 heteroatoms. The number of carbonyl (C=O) groups excluding carboxylic acids is 4. The van der Waals surface area contributed by atoms with Crippen molar-refractivity contribution in [2.45, 2.75) is 64.3 Å². The van der Waals surface area contributed by atoms with Gasteiger partial charge < -0.3 is 25.4 Å². The van der Waals surface area contributed by atoms with Gasteiger partial charge in [-0.1, -0.05) is 74.0 Å². The number of nitrogens with zero attached hydrogens (tertiary/aromatic N) is 2. The van der Waals surface area contributed by atoms with Gasteiger partial charge in [-0.05, 0) is 36.8 Å². The van der Waals surface area contributed by atoms with Crippen molar-refractivity contribution in [2.24, 2.45) is 5.92 Å². The molecule has 0 saturated heterocycles. The first-order chi connectivity index (χ1) is 21.9. The predicted octanol–water partition coefficient (Wildman–Crippen LogP) is 4.51. The molecular formula is C32H41N5O7S. The highest BCUT2D eigenvalue weighted by atomic mass is 32.1. The lowest BCUT2D eigenvalue weighted by Crippen LogP contribution is -2.52. The Morgan fingerprint density at radius 2 is 1.67 bits per heavy atom. The predicted molar refractivity (Wildman–Crippen MR) is 169 cm³/mol. The van der Waals surface area contributed by atoms with Gasteiger partial charge in [0, 0.05) is 18.1 Å². The van der Waals surface area contributed by atoms with Crippen LogP contribution in [0.5, 0.6) is 0 Å². The summed E-state index contributed by atoms with van der Waals surface area (Å²) >= 11 is 1.24. The van der Waals surface area contributed by atoms with Crippen molar-refractivity contribution in [3.8, 4) is 0 Å². The second-order valence-electron chi connectivity index (χ2n) is 10.3. The third-order valence-electron chi connectivity index (χ3n) is 6.94. The first-order valence-corrected chi connectivity index (χ1v) is 15.8. The first-order valence-electron chi connectivity index (χ1n) is 14.9. The molecule has 3 atom stereocenters. The van der Waals surface area contributed by atoms with Gasteiger partial charge in [-0.25, -0.2) is 14.8 Å². The van der Waals surface area contributed by atoms with E-state index in [-0.39, 0.29) is 32.7 Å². The summed E-state index contributed by atoms with van der Waals surface area (Å²) in [6.07, 6.45) is 3.48. The summed E-state index contributed by atoms with van der Waals surface area (Å²) in [6, 6.07) is 16.9. The number of hydrogen-bond acceptors (Lipinski definition) is 9. The minimum Gasteiger partial charge on any atom is -0.445 e. The summed E-state index contributed by atoms with van der Waals surface area (Å²) in [5.74, 6) is -1.95. The molecule has 0 saturated carbocycles. The largest absolute Gasteiger partial charge is 0.445 e. The van der Waals surface area contributed by atoms with Crippen molar-refractivity contribution in [3.63, 3.8) is 0 Å². The number of amides is 4. The normalized spacial score (nSPS) is 12.8. The maximum Gasteiger partial charge on any atom is 0.407 e. The third-order valence-corrected chi connectivity index (χ3v) is 7.63. The van der Waals surface area contributed by atoms with Gasteiger partial charge >= 0.3 is 6.09 Å². The Hall–Kier alpha value is -4.33. The maximum atomic E-state index is 13.7. The molecule has 0 aliphatic rings. The summed E-state index contributed by atoms with van der Waals surface area (Å²) in [7, 11) is 0. The number of anilines is 1. The van der Waals surface area contributed by atoms with E-state index in [9.17, 15) is 24.4 Å². The summed E-state index contributed by atoms with van der Waals surface area (Å²) in [5, 5.41) is 21.2. The highest BCUT2D eigenvalue weighted by Crippen LogP contribution is 2.19. The molecule has 45 heavy (non-hydrogen) atoms. The number of rotatable bonds is 20. The lowest BCUT2D eigenvalue weighted by molar-refractivity contribution is -0.171. The molecule has 242 valence electrons.